The van der Waals surface area contributed by atoms with E-state index in [4.69, 9.17) is 4.74 Å². The number of rotatable bonds is 6. The Hall–Kier alpha value is -1.26. The second-order valence-corrected chi connectivity index (χ2v) is 7.61. The summed E-state index contributed by atoms with van der Waals surface area (Å²) < 4.78 is 5.36. The van der Waals surface area contributed by atoms with Crippen LogP contribution in [0.15, 0.2) is 0 Å². The van der Waals surface area contributed by atoms with Crippen molar-refractivity contribution in [1.82, 2.24) is 10.2 Å². The third-order valence-electron chi connectivity index (χ3n) is 4.59. The van der Waals surface area contributed by atoms with Crippen LogP contribution in [0.1, 0.15) is 73.6 Å². The summed E-state index contributed by atoms with van der Waals surface area (Å²) in [7, 11) is 0. The predicted molar refractivity (Wildman–Crippen MR) is 92.3 cm³/mol. The fraction of sp³-hybridized carbons (Fsp3) is 0.889. The topological polar surface area (TPSA) is 58.6 Å². The molecule has 1 unspecified atom stereocenters. The van der Waals surface area contributed by atoms with Crippen LogP contribution in [-0.2, 0) is 9.53 Å². The number of hydrogen-bond donors (Lipinski definition) is 1. The van der Waals surface area contributed by atoms with E-state index in [2.05, 4.69) is 26.1 Å². The minimum absolute atomic E-state index is 0.142. The number of nitrogens with one attached hydrogen (secondary N) is 1. The molecule has 1 saturated heterocycles. The first kappa shape index (κ1) is 19.8. The summed E-state index contributed by atoms with van der Waals surface area (Å²) in [6, 6.07) is 0.145. The van der Waals surface area contributed by atoms with Gasteiger partial charge in [0.25, 0.3) is 0 Å². The molecular formula is C18H34N2O3. The van der Waals surface area contributed by atoms with E-state index in [0.717, 1.165) is 32.2 Å². The minimum Gasteiger partial charge on any atom is -0.444 e. The molecule has 1 heterocycles. The van der Waals surface area contributed by atoms with Gasteiger partial charge in [-0.3, -0.25) is 4.79 Å². The van der Waals surface area contributed by atoms with Crippen LogP contribution in [0.4, 0.5) is 4.79 Å². The molecule has 134 valence electrons. The maximum absolute atomic E-state index is 12.6. The second kappa shape index (κ2) is 8.55. The summed E-state index contributed by atoms with van der Waals surface area (Å²) >= 11 is 0. The fourth-order valence-electron chi connectivity index (χ4n) is 3.26. The van der Waals surface area contributed by atoms with Crippen LogP contribution in [-0.4, -0.2) is 41.1 Å². The number of alkyl carbamates (subject to hydrolysis) is 1. The van der Waals surface area contributed by atoms with E-state index >= 15 is 0 Å². The molecule has 0 aromatic rings. The smallest absolute Gasteiger partial charge is 0.407 e. The van der Waals surface area contributed by atoms with Gasteiger partial charge in [0, 0.05) is 25.0 Å². The van der Waals surface area contributed by atoms with Crippen LogP contribution in [0.2, 0.25) is 0 Å². The van der Waals surface area contributed by atoms with E-state index in [1.54, 1.807) is 0 Å². The SMILES string of the molecule is CCC(CC)C(CC(=O)N1CCC[C@H]1C)NC(=O)OC(C)(C)C. The molecule has 0 aromatic carbocycles. The number of nitrogens with zero attached hydrogens (tertiary/aromatic N) is 1. The lowest BCUT2D eigenvalue weighted by Gasteiger charge is -2.30. The van der Waals surface area contributed by atoms with Gasteiger partial charge in [-0.1, -0.05) is 26.7 Å². The van der Waals surface area contributed by atoms with Gasteiger partial charge in [0.1, 0.15) is 5.60 Å². The van der Waals surface area contributed by atoms with E-state index < -0.39 is 11.7 Å². The molecule has 1 fully saturated rings. The van der Waals surface area contributed by atoms with Gasteiger partial charge in [-0.2, -0.15) is 0 Å². The molecule has 5 heteroatoms. The first-order chi connectivity index (χ1) is 10.7. The van der Waals surface area contributed by atoms with Gasteiger partial charge in [-0.05, 0) is 46.5 Å². The average Bonchev–Trinajstić information content (AvgIpc) is 2.84. The Bertz CT molecular complexity index is 400. The highest BCUT2D eigenvalue weighted by atomic mass is 16.6. The number of hydrogen-bond acceptors (Lipinski definition) is 3. The maximum atomic E-state index is 12.6. The van der Waals surface area contributed by atoms with Crippen molar-refractivity contribution in [3.8, 4) is 0 Å². The molecule has 5 nitrogen and oxygen atoms in total. The molecule has 2 amide bonds. The zero-order valence-electron chi connectivity index (χ0n) is 15.6. The molecule has 1 aliphatic heterocycles. The zero-order valence-corrected chi connectivity index (χ0v) is 15.6. The highest BCUT2D eigenvalue weighted by molar-refractivity contribution is 5.78. The Morgan fingerprint density at radius 2 is 1.87 bits per heavy atom. The number of ether oxygens (including phenoxy) is 1. The Kier molecular flexibility index (Phi) is 7.36. The molecule has 0 bridgehead atoms. The Labute approximate surface area is 141 Å². The van der Waals surface area contributed by atoms with Crippen LogP contribution in [0, 0.1) is 5.92 Å². The Morgan fingerprint density at radius 1 is 1.26 bits per heavy atom. The maximum Gasteiger partial charge on any atom is 0.407 e. The van der Waals surface area contributed by atoms with Crippen LogP contribution < -0.4 is 5.32 Å². The number of amides is 2. The number of likely N-dealkylation sites (tertiary alicyclic amines) is 1. The number of carbonyl (C=O) groups is 2. The molecule has 0 saturated carbocycles. The molecule has 0 aliphatic carbocycles. The highest BCUT2D eigenvalue weighted by Gasteiger charge is 2.31. The highest BCUT2D eigenvalue weighted by Crippen LogP contribution is 2.22. The quantitative estimate of drug-likeness (QED) is 0.809. The molecule has 1 rings (SSSR count). The summed E-state index contributed by atoms with van der Waals surface area (Å²) in [5, 5.41) is 2.94. The molecule has 23 heavy (non-hydrogen) atoms. The first-order valence-corrected chi connectivity index (χ1v) is 8.96. The van der Waals surface area contributed by atoms with Crippen molar-refractivity contribution in [2.24, 2.45) is 5.92 Å². The normalized spacial score (nSPS) is 19.8. The van der Waals surface area contributed by atoms with Gasteiger partial charge in [0.15, 0.2) is 0 Å². The fourth-order valence-corrected chi connectivity index (χ4v) is 3.26. The van der Waals surface area contributed by atoms with E-state index in [1.807, 2.05) is 25.7 Å². The average molecular weight is 326 g/mol. The molecule has 0 aromatic heterocycles. The molecule has 2 atom stereocenters. The van der Waals surface area contributed by atoms with Gasteiger partial charge < -0.3 is 15.0 Å². The Balaban J connectivity index is 2.72. The van der Waals surface area contributed by atoms with Gasteiger partial charge >= 0.3 is 6.09 Å². The lowest BCUT2D eigenvalue weighted by Crippen LogP contribution is -2.46. The van der Waals surface area contributed by atoms with Crippen LogP contribution in [0.3, 0.4) is 0 Å². The minimum atomic E-state index is -0.532. The van der Waals surface area contributed by atoms with Crippen molar-refractivity contribution in [1.29, 1.82) is 0 Å². The standard InChI is InChI=1S/C18H34N2O3/c1-7-14(8-2)15(19-17(22)23-18(4,5)6)12-16(21)20-11-9-10-13(20)3/h13-15H,7-12H2,1-6H3,(H,19,22)/t13-,15?/m1/s1. The third-order valence-corrected chi connectivity index (χ3v) is 4.59. The van der Waals surface area contributed by atoms with Crippen molar-refractivity contribution in [2.45, 2.75) is 91.3 Å². The Morgan fingerprint density at radius 3 is 2.30 bits per heavy atom. The molecule has 0 spiro atoms. The van der Waals surface area contributed by atoms with Crippen molar-refractivity contribution < 1.29 is 14.3 Å². The summed E-state index contributed by atoms with van der Waals surface area (Å²) in [6.45, 7) is 12.7. The van der Waals surface area contributed by atoms with Gasteiger partial charge in [0.2, 0.25) is 5.91 Å². The van der Waals surface area contributed by atoms with Crippen LogP contribution in [0.25, 0.3) is 0 Å². The zero-order chi connectivity index (χ0) is 17.6. The molecule has 0 radical (unpaired) electrons. The third kappa shape index (κ3) is 6.40. The summed E-state index contributed by atoms with van der Waals surface area (Å²) in [6.07, 6.45) is 3.93. The lowest BCUT2D eigenvalue weighted by molar-refractivity contribution is -0.132. The van der Waals surface area contributed by atoms with Crippen molar-refractivity contribution in [2.75, 3.05) is 6.54 Å². The lowest BCUT2D eigenvalue weighted by atomic mass is 9.91. The van der Waals surface area contributed by atoms with Gasteiger partial charge in [-0.15, -0.1) is 0 Å². The second-order valence-electron chi connectivity index (χ2n) is 7.61. The van der Waals surface area contributed by atoms with E-state index in [1.165, 1.54) is 0 Å². The number of carbonyl (C=O) groups excluding carboxylic acids is 2. The largest absolute Gasteiger partial charge is 0.444 e. The van der Waals surface area contributed by atoms with Gasteiger partial charge in [0.05, 0.1) is 0 Å². The first-order valence-electron chi connectivity index (χ1n) is 8.96. The van der Waals surface area contributed by atoms with Crippen molar-refractivity contribution in [3.63, 3.8) is 0 Å². The summed E-state index contributed by atoms with van der Waals surface area (Å²) in [4.78, 5) is 26.7. The van der Waals surface area contributed by atoms with E-state index in [9.17, 15) is 9.59 Å². The van der Waals surface area contributed by atoms with Crippen molar-refractivity contribution in [3.05, 3.63) is 0 Å². The van der Waals surface area contributed by atoms with Crippen LogP contribution >= 0.6 is 0 Å². The molecular weight excluding hydrogens is 292 g/mol. The van der Waals surface area contributed by atoms with E-state index in [-0.39, 0.29) is 17.9 Å². The van der Waals surface area contributed by atoms with Crippen LogP contribution in [0.5, 0.6) is 0 Å². The van der Waals surface area contributed by atoms with E-state index in [0.29, 0.717) is 12.5 Å². The van der Waals surface area contributed by atoms with Gasteiger partial charge in [-0.25, -0.2) is 4.79 Å². The summed E-state index contributed by atoms with van der Waals surface area (Å²) in [5.41, 5.74) is -0.532. The monoisotopic (exact) mass is 326 g/mol. The summed E-state index contributed by atoms with van der Waals surface area (Å²) in [5.74, 6) is 0.423. The predicted octanol–water partition coefficient (Wildman–Crippen LogP) is 3.72. The van der Waals surface area contributed by atoms with Crippen molar-refractivity contribution >= 4 is 12.0 Å². The molecule has 1 N–H and O–H groups in total. The molecule has 1 aliphatic rings.